The molecule has 0 aliphatic carbocycles. The van der Waals surface area contributed by atoms with Crippen LogP contribution < -0.4 is 14.4 Å². The van der Waals surface area contributed by atoms with E-state index in [-0.39, 0.29) is 17.3 Å². The zero-order chi connectivity index (χ0) is 32.4. The average molecular weight is 628 g/mol. The molecule has 0 saturated carbocycles. The minimum Gasteiger partial charge on any atom is -0.457 e. The molecule has 0 heterocycles. The smallest absolute Gasteiger partial charge is 0.264 e. The van der Waals surface area contributed by atoms with Crippen molar-refractivity contribution in [2.24, 2.45) is 0 Å². The maximum Gasteiger partial charge on any atom is 0.264 e. The Labute approximate surface area is 266 Å². The van der Waals surface area contributed by atoms with Crippen LogP contribution in [0.15, 0.2) is 108 Å². The molecular formula is C36H41N3O5S. The number of rotatable bonds is 14. The third-order valence-corrected chi connectivity index (χ3v) is 9.38. The lowest BCUT2D eigenvalue weighted by Gasteiger charge is -2.32. The lowest BCUT2D eigenvalue weighted by molar-refractivity contribution is -0.139. The Kier molecular flexibility index (Phi) is 11.4. The van der Waals surface area contributed by atoms with Crippen molar-refractivity contribution in [1.82, 2.24) is 10.2 Å². The first-order valence-corrected chi connectivity index (χ1v) is 16.6. The van der Waals surface area contributed by atoms with Crippen molar-refractivity contribution in [3.05, 3.63) is 120 Å². The summed E-state index contributed by atoms with van der Waals surface area (Å²) in [7, 11) is -4.17. The van der Waals surface area contributed by atoms with Crippen molar-refractivity contribution in [1.29, 1.82) is 0 Å². The summed E-state index contributed by atoms with van der Waals surface area (Å²) >= 11 is 0. The van der Waals surface area contributed by atoms with Gasteiger partial charge in [0.15, 0.2) is 0 Å². The monoisotopic (exact) mass is 627 g/mol. The van der Waals surface area contributed by atoms with E-state index in [1.807, 2.05) is 75.4 Å². The minimum atomic E-state index is -4.17. The molecule has 0 bridgehead atoms. The molecule has 0 radical (unpaired) electrons. The van der Waals surface area contributed by atoms with Crippen LogP contribution in [0.3, 0.4) is 0 Å². The van der Waals surface area contributed by atoms with Crippen molar-refractivity contribution in [2.75, 3.05) is 17.4 Å². The van der Waals surface area contributed by atoms with Crippen LogP contribution in [0.1, 0.15) is 43.4 Å². The zero-order valence-corrected chi connectivity index (χ0v) is 27.1. The molecule has 9 heteroatoms. The fraction of sp³-hybridized carbons (Fsp3) is 0.278. The van der Waals surface area contributed by atoms with E-state index in [2.05, 4.69) is 5.32 Å². The van der Waals surface area contributed by atoms with Gasteiger partial charge in [0.1, 0.15) is 24.1 Å². The molecule has 4 aromatic rings. The van der Waals surface area contributed by atoms with E-state index in [0.29, 0.717) is 23.7 Å². The fourth-order valence-electron chi connectivity index (χ4n) is 4.76. The second-order valence-corrected chi connectivity index (χ2v) is 12.9. The van der Waals surface area contributed by atoms with E-state index < -0.39 is 28.5 Å². The standard InChI is InChI=1S/C36H41N3O5S/c1-5-6-24-37-36(41)29(4)38(25-30-13-11-10-12-28(30)3)35(40)26-39(45(42,43)34-22-16-27(2)17-23-34)31-18-20-33(21-19-31)44-32-14-8-7-9-15-32/h7-23,29H,5-6,24-26H2,1-4H3,(H,37,41)/t29-/m1/s1. The second kappa shape index (κ2) is 15.4. The predicted molar refractivity (Wildman–Crippen MR) is 178 cm³/mol. The molecule has 2 amide bonds. The first-order valence-electron chi connectivity index (χ1n) is 15.1. The number of anilines is 1. The number of carbonyl (C=O) groups excluding carboxylic acids is 2. The largest absolute Gasteiger partial charge is 0.457 e. The molecule has 8 nitrogen and oxygen atoms in total. The number of amides is 2. The van der Waals surface area contributed by atoms with Gasteiger partial charge >= 0.3 is 0 Å². The van der Waals surface area contributed by atoms with Gasteiger partial charge < -0.3 is 15.0 Å². The van der Waals surface area contributed by atoms with Gasteiger partial charge in [-0.15, -0.1) is 0 Å². The lowest BCUT2D eigenvalue weighted by Crippen LogP contribution is -2.51. The number of sulfonamides is 1. The van der Waals surface area contributed by atoms with Crippen LogP contribution in [-0.4, -0.2) is 44.3 Å². The summed E-state index contributed by atoms with van der Waals surface area (Å²) in [6.07, 6.45) is 1.73. The van der Waals surface area contributed by atoms with Gasteiger partial charge in [0, 0.05) is 13.1 Å². The molecule has 0 unspecified atom stereocenters. The van der Waals surface area contributed by atoms with Crippen molar-refractivity contribution in [3.8, 4) is 11.5 Å². The summed E-state index contributed by atoms with van der Waals surface area (Å²) in [5.41, 5.74) is 3.04. The zero-order valence-electron chi connectivity index (χ0n) is 26.3. The van der Waals surface area contributed by atoms with Crippen molar-refractivity contribution in [2.45, 2.75) is 58.0 Å². The van der Waals surface area contributed by atoms with Gasteiger partial charge in [0.05, 0.1) is 10.6 Å². The Balaban J connectivity index is 1.69. The highest BCUT2D eigenvalue weighted by Gasteiger charge is 2.32. The molecule has 0 saturated heterocycles. The predicted octanol–water partition coefficient (Wildman–Crippen LogP) is 6.62. The second-order valence-electron chi connectivity index (χ2n) is 11.0. The number of hydrogen-bond donors (Lipinski definition) is 1. The first kappa shape index (κ1) is 33.3. The van der Waals surface area contributed by atoms with Gasteiger partial charge in [-0.25, -0.2) is 8.42 Å². The van der Waals surface area contributed by atoms with E-state index in [4.69, 9.17) is 4.74 Å². The highest BCUT2D eigenvalue weighted by molar-refractivity contribution is 7.92. The van der Waals surface area contributed by atoms with Gasteiger partial charge in [-0.05, 0) is 86.8 Å². The third-order valence-electron chi connectivity index (χ3n) is 7.59. The number of benzene rings is 4. The maximum atomic E-state index is 14.2. The van der Waals surface area contributed by atoms with Gasteiger partial charge in [-0.1, -0.05) is 73.5 Å². The number of carbonyl (C=O) groups is 2. The Morgan fingerprint density at radius 2 is 1.44 bits per heavy atom. The van der Waals surface area contributed by atoms with Crippen molar-refractivity contribution in [3.63, 3.8) is 0 Å². The average Bonchev–Trinajstić information content (AvgIpc) is 3.04. The molecule has 0 aliphatic rings. The number of nitrogens with zero attached hydrogens (tertiary/aromatic N) is 2. The van der Waals surface area contributed by atoms with E-state index in [1.165, 1.54) is 17.0 Å². The highest BCUT2D eigenvalue weighted by Crippen LogP contribution is 2.29. The van der Waals surface area contributed by atoms with E-state index in [1.54, 1.807) is 43.3 Å². The topological polar surface area (TPSA) is 96.0 Å². The van der Waals surface area contributed by atoms with Crippen molar-refractivity contribution >= 4 is 27.5 Å². The number of aryl methyl sites for hydroxylation is 2. The first-order chi connectivity index (χ1) is 21.6. The van der Waals surface area contributed by atoms with Gasteiger partial charge in [-0.2, -0.15) is 0 Å². The molecular weight excluding hydrogens is 586 g/mol. The molecule has 1 atom stereocenters. The number of para-hydroxylation sites is 1. The quantitative estimate of drug-likeness (QED) is 0.159. The SMILES string of the molecule is CCCCNC(=O)[C@@H](C)N(Cc1ccccc1C)C(=O)CN(c1ccc(Oc2ccccc2)cc1)S(=O)(=O)c1ccc(C)cc1. The Hall–Kier alpha value is -4.63. The van der Waals surface area contributed by atoms with Crippen LogP contribution >= 0.6 is 0 Å². The highest BCUT2D eigenvalue weighted by atomic mass is 32.2. The summed E-state index contributed by atoms with van der Waals surface area (Å²) in [6, 6.07) is 29.1. The molecule has 0 spiro atoms. The Morgan fingerprint density at radius 3 is 2.09 bits per heavy atom. The Bertz CT molecular complexity index is 1670. The molecule has 0 aromatic heterocycles. The molecule has 236 valence electrons. The van der Waals surface area contributed by atoms with Gasteiger partial charge in [-0.3, -0.25) is 13.9 Å². The summed E-state index contributed by atoms with van der Waals surface area (Å²) in [5, 5.41) is 2.91. The summed E-state index contributed by atoms with van der Waals surface area (Å²) in [5.74, 6) is 0.363. The van der Waals surface area contributed by atoms with Crippen LogP contribution in [0.25, 0.3) is 0 Å². The number of nitrogens with one attached hydrogen (secondary N) is 1. The number of hydrogen-bond acceptors (Lipinski definition) is 5. The van der Waals surface area contributed by atoms with Crippen LogP contribution in [0, 0.1) is 13.8 Å². The summed E-state index contributed by atoms with van der Waals surface area (Å²) in [4.78, 5) is 28.9. The van der Waals surface area contributed by atoms with Crippen LogP contribution in [0.4, 0.5) is 5.69 Å². The molecule has 4 aromatic carbocycles. The fourth-order valence-corrected chi connectivity index (χ4v) is 6.18. The maximum absolute atomic E-state index is 14.2. The molecule has 0 fully saturated rings. The number of unbranched alkanes of at least 4 members (excludes halogenated alkanes) is 1. The molecule has 0 aliphatic heterocycles. The third kappa shape index (κ3) is 8.73. The molecule has 1 N–H and O–H groups in total. The van der Waals surface area contributed by atoms with Crippen LogP contribution in [0.5, 0.6) is 11.5 Å². The molecule has 45 heavy (non-hydrogen) atoms. The van der Waals surface area contributed by atoms with Gasteiger partial charge in [0.2, 0.25) is 11.8 Å². The normalized spacial score (nSPS) is 11.8. The molecule has 4 rings (SSSR count). The van der Waals surface area contributed by atoms with Crippen LogP contribution in [-0.2, 0) is 26.2 Å². The van der Waals surface area contributed by atoms with Gasteiger partial charge in [0.25, 0.3) is 10.0 Å². The van der Waals surface area contributed by atoms with Crippen molar-refractivity contribution < 1.29 is 22.7 Å². The van der Waals surface area contributed by atoms with Crippen LogP contribution in [0.2, 0.25) is 0 Å². The number of ether oxygens (including phenoxy) is 1. The van der Waals surface area contributed by atoms with E-state index in [9.17, 15) is 18.0 Å². The summed E-state index contributed by atoms with van der Waals surface area (Å²) < 4.78 is 35.2. The lowest BCUT2D eigenvalue weighted by atomic mass is 10.1. The van der Waals surface area contributed by atoms with E-state index >= 15 is 0 Å². The minimum absolute atomic E-state index is 0.0568. The Morgan fingerprint density at radius 1 is 0.822 bits per heavy atom. The summed E-state index contributed by atoms with van der Waals surface area (Å²) in [6.45, 7) is 7.66. The van der Waals surface area contributed by atoms with E-state index in [0.717, 1.165) is 33.8 Å².